The number of halogens is 1. The summed E-state index contributed by atoms with van der Waals surface area (Å²) in [7, 11) is 0. The van der Waals surface area contributed by atoms with Gasteiger partial charge in [-0.15, -0.1) is 0 Å². The molecule has 1 aliphatic rings. The van der Waals surface area contributed by atoms with E-state index in [2.05, 4.69) is 4.98 Å². The van der Waals surface area contributed by atoms with E-state index in [0.717, 1.165) is 16.7 Å². The van der Waals surface area contributed by atoms with Crippen LogP contribution in [0.25, 0.3) is 10.9 Å². The Morgan fingerprint density at radius 3 is 2.30 bits per heavy atom. The van der Waals surface area contributed by atoms with Gasteiger partial charge < -0.3 is 19.1 Å². The molecule has 11 heteroatoms. The lowest BCUT2D eigenvalue weighted by atomic mass is 9.94. The maximum atomic E-state index is 13.4. The van der Waals surface area contributed by atoms with Crippen LogP contribution in [0.1, 0.15) is 36.0 Å². The lowest BCUT2D eigenvalue weighted by molar-refractivity contribution is -0.123. The Balaban J connectivity index is 1.32. The minimum Gasteiger partial charge on any atom is -0.445 e. The van der Waals surface area contributed by atoms with Crippen molar-refractivity contribution in [3.8, 4) is 0 Å². The van der Waals surface area contributed by atoms with Gasteiger partial charge in [0.25, 0.3) is 5.56 Å². The Bertz CT molecular complexity index is 1690. The van der Waals surface area contributed by atoms with Crippen molar-refractivity contribution < 1.29 is 28.6 Å². The third-order valence-corrected chi connectivity index (χ3v) is 7.69. The number of likely N-dealkylation sites (tertiary alicyclic amines) is 1. The summed E-state index contributed by atoms with van der Waals surface area (Å²) < 4.78 is 17.8. The van der Waals surface area contributed by atoms with Gasteiger partial charge in [-0.3, -0.25) is 14.2 Å². The zero-order valence-electron chi connectivity index (χ0n) is 24.2. The lowest BCUT2D eigenvalue weighted by Gasteiger charge is -2.39. The molecule has 3 aromatic carbocycles. The average Bonchev–Trinajstić information content (AvgIpc) is 3.02. The van der Waals surface area contributed by atoms with Crippen LogP contribution in [0.4, 0.5) is 9.59 Å². The zero-order valence-corrected chi connectivity index (χ0v) is 24.9. The molecule has 44 heavy (non-hydrogen) atoms. The third-order valence-electron chi connectivity index (χ3n) is 7.47. The van der Waals surface area contributed by atoms with Gasteiger partial charge in [-0.2, -0.15) is 0 Å². The maximum absolute atomic E-state index is 13.4. The number of rotatable bonds is 9. The molecule has 228 valence electrons. The quantitative estimate of drug-likeness (QED) is 0.215. The minimum absolute atomic E-state index is 0.0141. The van der Waals surface area contributed by atoms with Gasteiger partial charge in [-0.05, 0) is 48.6 Å². The number of benzene rings is 3. The van der Waals surface area contributed by atoms with E-state index >= 15 is 0 Å². The fourth-order valence-electron chi connectivity index (χ4n) is 5.31. The summed E-state index contributed by atoms with van der Waals surface area (Å²) in [6.45, 7) is 1.87. The number of fused-ring (bicyclic) bond motifs is 1. The van der Waals surface area contributed by atoms with E-state index in [1.54, 1.807) is 13.0 Å². The molecule has 0 unspecified atom stereocenters. The first kappa shape index (κ1) is 30.7. The Hall–Kier alpha value is -4.70. The predicted octanol–water partition coefficient (Wildman–Crippen LogP) is 5.84. The van der Waals surface area contributed by atoms with Crippen LogP contribution in [-0.4, -0.2) is 51.2 Å². The van der Waals surface area contributed by atoms with Crippen molar-refractivity contribution >= 4 is 40.5 Å². The summed E-state index contributed by atoms with van der Waals surface area (Å²) in [5, 5.41) is 0.695. The van der Waals surface area contributed by atoms with Gasteiger partial charge in [0, 0.05) is 18.0 Å². The second-order valence-corrected chi connectivity index (χ2v) is 11.1. The second-order valence-electron chi connectivity index (χ2n) is 10.7. The molecule has 1 saturated heterocycles. The third kappa shape index (κ3) is 7.62. The fourth-order valence-corrected chi connectivity index (χ4v) is 5.58. The minimum atomic E-state index is -0.905. The van der Waals surface area contributed by atoms with E-state index in [1.165, 1.54) is 21.9 Å². The van der Waals surface area contributed by atoms with Crippen molar-refractivity contribution in [2.45, 2.75) is 58.1 Å². The smallest absolute Gasteiger partial charge is 0.445 e. The van der Waals surface area contributed by atoms with E-state index in [0.29, 0.717) is 35.3 Å². The Morgan fingerprint density at radius 1 is 0.955 bits per heavy atom. The highest BCUT2D eigenvalue weighted by molar-refractivity contribution is 6.31. The number of hydrogen-bond acceptors (Lipinski definition) is 8. The van der Waals surface area contributed by atoms with Gasteiger partial charge in [0.05, 0.1) is 29.8 Å². The van der Waals surface area contributed by atoms with Crippen LogP contribution >= 0.6 is 11.6 Å². The molecule has 1 aliphatic heterocycles. The summed E-state index contributed by atoms with van der Waals surface area (Å²) in [5.41, 5.74) is 2.44. The summed E-state index contributed by atoms with van der Waals surface area (Å²) in [6.07, 6.45) is -0.286. The first-order valence-electron chi connectivity index (χ1n) is 14.3. The molecule has 0 spiro atoms. The largest absolute Gasteiger partial charge is 0.508 e. The average molecular weight is 618 g/mol. The summed E-state index contributed by atoms with van der Waals surface area (Å²) in [5.74, 6) is -0.356. The summed E-state index contributed by atoms with van der Waals surface area (Å²) in [4.78, 5) is 58.4. The van der Waals surface area contributed by atoms with Gasteiger partial charge in [0.15, 0.2) is 5.78 Å². The van der Waals surface area contributed by atoms with Gasteiger partial charge >= 0.3 is 12.2 Å². The molecule has 1 amide bonds. The van der Waals surface area contributed by atoms with Crippen LogP contribution < -0.4 is 5.56 Å². The molecule has 0 saturated carbocycles. The van der Waals surface area contributed by atoms with Crippen molar-refractivity contribution in [3.05, 3.63) is 111 Å². The monoisotopic (exact) mass is 617 g/mol. The van der Waals surface area contributed by atoms with E-state index in [-0.39, 0.29) is 32.0 Å². The van der Waals surface area contributed by atoms with Crippen molar-refractivity contribution in [2.24, 2.45) is 0 Å². The lowest BCUT2D eigenvalue weighted by Crippen LogP contribution is -2.53. The molecule has 1 aromatic heterocycles. The van der Waals surface area contributed by atoms with E-state index in [1.807, 2.05) is 60.7 Å². The molecule has 1 fully saturated rings. The number of piperidine rings is 1. The van der Waals surface area contributed by atoms with Crippen molar-refractivity contribution in [2.75, 3.05) is 6.54 Å². The molecule has 5 rings (SSSR count). The van der Waals surface area contributed by atoms with Crippen molar-refractivity contribution in [3.63, 3.8) is 0 Å². The number of aryl methyl sites for hydroxylation is 1. The second kappa shape index (κ2) is 14.2. The molecule has 0 radical (unpaired) electrons. The molecule has 10 nitrogen and oxygen atoms in total. The van der Waals surface area contributed by atoms with Crippen LogP contribution in [0.3, 0.4) is 0 Å². The summed E-state index contributed by atoms with van der Waals surface area (Å²) in [6, 6.07) is 20.8. The molecule has 2 atom stereocenters. The SMILES string of the molecule is Cc1cc(Cl)cc2c(=O)n(CC(=O)C[C@@H]3[C@@H](OC(=O)OCc4ccccc4)CCCN3C(=O)OCc3ccccc3)cnc12. The van der Waals surface area contributed by atoms with E-state index in [4.69, 9.17) is 25.8 Å². The molecular weight excluding hydrogens is 586 g/mol. The highest BCUT2D eigenvalue weighted by Gasteiger charge is 2.39. The number of Topliss-reactive ketones (excluding diaryl/α,β-unsaturated/α-hetero) is 1. The Labute approximate surface area is 259 Å². The zero-order chi connectivity index (χ0) is 31.1. The normalized spacial score (nSPS) is 16.4. The van der Waals surface area contributed by atoms with Crippen LogP contribution in [-0.2, 0) is 38.8 Å². The number of carbonyl (C=O) groups excluding carboxylic acids is 3. The fraction of sp³-hybridized carbons (Fsp3) is 0.303. The highest BCUT2D eigenvalue weighted by Crippen LogP contribution is 2.26. The standard InChI is InChI=1S/C33H32ClN3O7/c1-22-15-25(34)16-27-30(22)35-21-36(31(27)39)18-26(38)17-28-29(44-33(41)43-20-24-11-6-3-7-12-24)13-8-14-37(28)32(40)42-19-23-9-4-2-5-10-23/h2-7,9-12,15-16,21,28-29H,8,13-14,17-20H2,1H3/t28-,29+/m1/s1. The van der Waals surface area contributed by atoms with Crippen LogP contribution in [0.5, 0.6) is 0 Å². The first-order chi connectivity index (χ1) is 21.3. The number of amides is 1. The van der Waals surface area contributed by atoms with E-state index < -0.39 is 30.0 Å². The van der Waals surface area contributed by atoms with Crippen molar-refractivity contribution in [1.29, 1.82) is 0 Å². The van der Waals surface area contributed by atoms with Gasteiger partial charge in [0.1, 0.15) is 19.3 Å². The number of nitrogens with zero attached hydrogens (tertiary/aromatic N) is 3. The maximum Gasteiger partial charge on any atom is 0.508 e. The molecule has 0 aliphatic carbocycles. The number of ether oxygens (including phenoxy) is 3. The van der Waals surface area contributed by atoms with Crippen molar-refractivity contribution in [1.82, 2.24) is 14.5 Å². The molecule has 4 aromatic rings. The number of carbonyl (C=O) groups is 3. The molecule has 0 bridgehead atoms. The Kier molecular flexibility index (Phi) is 9.91. The molecule has 0 N–H and O–H groups in total. The van der Waals surface area contributed by atoms with Crippen LogP contribution in [0, 0.1) is 6.92 Å². The van der Waals surface area contributed by atoms with E-state index in [9.17, 15) is 19.2 Å². The topological polar surface area (TPSA) is 117 Å². The Morgan fingerprint density at radius 2 is 1.61 bits per heavy atom. The predicted molar refractivity (Wildman–Crippen MR) is 163 cm³/mol. The molecular formula is C33H32ClN3O7. The molecule has 2 heterocycles. The number of ketones is 1. The van der Waals surface area contributed by atoms with Gasteiger partial charge in [-0.1, -0.05) is 72.3 Å². The highest BCUT2D eigenvalue weighted by atomic mass is 35.5. The van der Waals surface area contributed by atoms with Crippen LogP contribution in [0.2, 0.25) is 5.02 Å². The van der Waals surface area contributed by atoms with Gasteiger partial charge in [0.2, 0.25) is 0 Å². The first-order valence-corrected chi connectivity index (χ1v) is 14.7. The summed E-state index contributed by atoms with van der Waals surface area (Å²) >= 11 is 6.16. The number of aromatic nitrogens is 2. The number of hydrogen-bond donors (Lipinski definition) is 0. The van der Waals surface area contributed by atoms with Gasteiger partial charge in [-0.25, -0.2) is 14.6 Å². The van der Waals surface area contributed by atoms with Crippen LogP contribution in [0.15, 0.2) is 83.9 Å².